The zero-order chi connectivity index (χ0) is 16.4. The summed E-state index contributed by atoms with van der Waals surface area (Å²) in [6.07, 6.45) is 4.13. The number of sulfone groups is 1. The molecule has 0 spiro atoms. The second-order valence-electron chi connectivity index (χ2n) is 4.94. The van der Waals surface area contributed by atoms with Crippen molar-refractivity contribution in [3.05, 3.63) is 73.6 Å². The zero-order valence-corrected chi connectivity index (χ0v) is 13.1. The van der Waals surface area contributed by atoms with Crippen molar-refractivity contribution in [1.82, 2.24) is 4.40 Å². The fourth-order valence-corrected chi connectivity index (χ4v) is 3.90. The van der Waals surface area contributed by atoms with Crippen LogP contribution in [-0.4, -0.2) is 19.0 Å². The molecular weight excluding hydrogens is 312 g/mol. The molecule has 3 aromatic rings. The lowest BCUT2D eigenvalue weighted by molar-refractivity contribution is 0.251. The van der Waals surface area contributed by atoms with Gasteiger partial charge in [0.15, 0.2) is 6.23 Å². The van der Waals surface area contributed by atoms with Gasteiger partial charge < -0.3 is 9.14 Å². The van der Waals surface area contributed by atoms with Crippen LogP contribution < -0.4 is 10.5 Å². The van der Waals surface area contributed by atoms with Gasteiger partial charge in [-0.25, -0.2) is 8.42 Å². The van der Waals surface area contributed by atoms with Crippen molar-refractivity contribution in [1.29, 1.82) is 0 Å². The average molecular weight is 328 g/mol. The molecular formula is C17H16N2O3S. The summed E-state index contributed by atoms with van der Waals surface area (Å²) in [5.41, 5.74) is 6.29. The van der Waals surface area contributed by atoms with Crippen LogP contribution in [0.1, 0.15) is 0 Å². The van der Waals surface area contributed by atoms with Crippen LogP contribution >= 0.6 is 0 Å². The number of pyridine rings is 1. The number of hydrogen-bond donors (Lipinski definition) is 1. The van der Waals surface area contributed by atoms with E-state index < -0.39 is 16.1 Å². The van der Waals surface area contributed by atoms with E-state index in [2.05, 4.69) is 6.58 Å². The van der Waals surface area contributed by atoms with Crippen molar-refractivity contribution in [2.24, 2.45) is 5.73 Å². The highest BCUT2D eigenvalue weighted by Crippen LogP contribution is 2.32. The molecule has 0 fully saturated rings. The Bertz CT molecular complexity index is 961. The van der Waals surface area contributed by atoms with Crippen molar-refractivity contribution in [3.63, 3.8) is 0 Å². The Kier molecular flexibility index (Phi) is 3.94. The third-order valence-corrected chi connectivity index (χ3v) is 5.29. The van der Waals surface area contributed by atoms with Gasteiger partial charge in [0.1, 0.15) is 10.6 Å². The first kappa shape index (κ1) is 15.3. The summed E-state index contributed by atoms with van der Waals surface area (Å²) in [7, 11) is -3.74. The smallest absolute Gasteiger partial charge is 0.212 e. The summed E-state index contributed by atoms with van der Waals surface area (Å²) in [4.78, 5) is 0.301. The van der Waals surface area contributed by atoms with Crippen LogP contribution in [0.2, 0.25) is 0 Å². The number of rotatable bonds is 5. The number of aromatic nitrogens is 1. The molecule has 0 saturated heterocycles. The fraction of sp³-hybridized carbons (Fsp3) is 0.0588. The first-order valence-corrected chi connectivity index (χ1v) is 8.47. The summed E-state index contributed by atoms with van der Waals surface area (Å²) in [5, 5.41) is 0. The number of para-hydroxylation sites is 1. The lowest BCUT2D eigenvalue weighted by Crippen LogP contribution is -2.24. The number of nitrogens with two attached hydrogens (primary N) is 1. The number of benzene rings is 1. The third kappa shape index (κ3) is 2.74. The summed E-state index contributed by atoms with van der Waals surface area (Å²) in [5.74, 6) is 0.204. The molecule has 118 valence electrons. The molecule has 1 unspecified atom stereocenters. The van der Waals surface area contributed by atoms with E-state index in [0.29, 0.717) is 5.52 Å². The molecule has 0 aliphatic heterocycles. The van der Waals surface area contributed by atoms with Gasteiger partial charge in [-0.1, -0.05) is 24.8 Å². The van der Waals surface area contributed by atoms with Gasteiger partial charge >= 0.3 is 0 Å². The van der Waals surface area contributed by atoms with Crippen molar-refractivity contribution in [2.45, 2.75) is 16.0 Å². The maximum atomic E-state index is 13.0. The minimum atomic E-state index is -3.74. The maximum absolute atomic E-state index is 13.0. The zero-order valence-electron chi connectivity index (χ0n) is 12.3. The monoisotopic (exact) mass is 328 g/mol. The van der Waals surface area contributed by atoms with Crippen LogP contribution in [0.25, 0.3) is 5.52 Å². The molecule has 0 bridgehead atoms. The minimum absolute atomic E-state index is 0.0780. The van der Waals surface area contributed by atoms with Crippen LogP contribution in [-0.2, 0) is 9.84 Å². The van der Waals surface area contributed by atoms with Crippen LogP contribution in [0.3, 0.4) is 0 Å². The third-order valence-electron chi connectivity index (χ3n) is 3.45. The molecule has 5 nitrogen and oxygen atoms in total. The van der Waals surface area contributed by atoms with Gasteiger partial charge in [0.05, 0.1) is 10.4 Å². The van der Waals surface area contributed by atoms with Gasteiger partial charge in [-0.15, -0.1) is 0 Å². The fourth-order valence-electron chi connectivity index (χ4n) is 2.34. The molecule has 1 atom stereocenters. The van der Waals surface area contributed by atoms with E-state index in [1.165, 1.54) is 12.1 Å². The van der Waals surface area contributed by atoms with E-state index in [1.807, 2.05) is 6.07 Å². The van der Waals surface area contributed by atoms with Gasteiger partial charge in [-0.05, 0) is 36.4 Å². The Labute approximate surface area is 134 Å². The molecule has 0 saturated carbocycles. The molecule has 0 radical (unpaired) electrons. The molecule has 0 aliphatic rings. The molecule has 0 aliphatic carbocycles. The quantitative estimate of drug-likeness (QED) is 0.577. The highest BCUT2D eigenvalue weighted by Gasteiger charge is 2.25. The Morgan fingerprint density at radius 3 is 2.57 bits per heavy atom. The topological polar surface area (TPSA) is 73.8 Å². The van der Waals surface area contributed by atoms with Crippen LogP contribution in [0.5, 0.6) is 5.75 Å². The van der Waals surface area contributed by atoms with Crippen LogP contribution in [0, 0.1) is 0 Å². The number of nitrogens with zero attached hydrogens (tertiary/aromatic N) is 1. The van der Waals surface area contributed by atoms with Crippen molar-refractivity contribution < 1.29 is 13.2 Å². The van der Waals surface area contributed by atoms with Crippen LogP contribution in [0.4, 0.5) is 0 Å². The second-order valence-corrected chi connectivity index (χ2v) is 6.83. The van der Waals surface area contributed by atoms with E-state index in [-0.39, 0.29) is 15.5 Å². The normalized spacial score (nSPS) is 12.9. The Hall–Kier alpha value is -2.57. The lowest BCUT2D eigenvalue weighted by Gasteiger charge is -2.14. The van der Waals surface area contributed by atoms with Gasteiger partial charge in [-0.2, -0.15) is 0 Å². The van der Waals surface area contributed by atoms with Gasteiger partial charge in [0, 0.05) is 12.4 Å². The van der Waals surface area contributed by atoms with E-state index >= 15 is 0 Å². The molecule has 23 heavy (non-hydrogen) atoms. The van der Waals surface area contributed by atoms with Crippen LogP contribution in [0.15, 0.2) is 83.4 Å². The minimum Gasteiger partial charge on any atom is -0.471 e. The predicted octanol–water partition coefficient (Wildman–Crippen LogP) is 2.62. The Balaban J connectivity index is 2.16. The van der Waals surface area contributed by atoms with Crippen molar-refractivity contribution >= 4 is 15.4 Å². The van der Waals surface area contributed by atoms with Gasteiger partial charge in [0.25, 0.3) is 0 Å². The number of hydrogen-bond acceptors (Lipinski definition) is 4. The SMILES string of the molecule is C=CC(N)Oc1ccccc1S(=O)(=O)c1ccn2ccccc12. The van der Waals surface area contributed by atoms with E-state index in [4.69, 9.17) is 10.5 Å². The largest absolute Gasteiger partial charge is 0.471 e. The summed E-state index contributed by atoms with van der Waals surface area (Å²) < 4.78 is 33.3. The molecule has 3 rings (SSSR count). The summed E-state index contributed by atoms with van der Waals surface area (Å²) in [6.45, 7) is 3.54. The van der Waals surface area contributed by atoms with Gasteiger partial charge in [-0.3, -0.25) is 5.73 Å². The summed E-state index contributed by atoms with van der Waals surface area (Å²) in [6, 6.07) is 13.4. The first-order chi connectivity index (χ1) is 11.0. The molecule has 0 amide bonds. The second kappa shape index (κ2) is 5.91. The Morgan fingerprint density at radius 1 is 1.04 bits per heavy atom. The van der Waals surface area contributed by atoms with Crippen molar-refractivity contribution in [2.75, 3.05) is 0 Å². The highest BCUT2D eigenvalue weighted by atomic mass is 32.2. The number of fused-ring (bicyclic) bond motifs is 1. The standard InChI is InChI=1S/C17H16N2O3S/c1-2-17(18)22-14-8-3-4-9-16(14)23(20,21)15-10-12-19-11-6-5-7-13(15)19/h2-12,17H,1,18H2. The predicted molar refractivity (Wildman–Crippen MR) is 88.1 cm³/mol. The van der Waals surface area contributed by atoms with E-state index in [0.717, 1.165) is 0 Å². The maximum Gasteiger partial charge on any atom is 0.212 e. The molecule has 2 N–H and O–H groups in total. The first-order valence-electron chi connectivity index (χ1n) is 6.98. The Morgan fingerprint density at radius 2 is 1.78 bits per heavy atom. The number of ether oxygens (including phenoxy) is 1. The lowest BCUT2D eigenvalue weighted by atomic mass is 10.3. The average Bonchev–Trinajstić information content (AvgIpc) is 3.00. The molecule has 6 heteroatoms. The molecule has 2 heterocycles. The molecule has 1 aromatic carbocycles. The van der Waals surface area contributed by atoms with E-state index in [9.17, 15) is 8.42 Å². The summed E-state index contributed by atoms with van der Waals surface area (Å²) >= 11 is 0. The van der Waals surface area contributed by atoms with E-state index in [1.54, 1.807) is 53.2 Å². The molecule has 2 aromatic heterocycles. The highest BCUT2D eigenvalue weighted by molar-refractivity contribution is 7.91. The van der Waals surface area contributed by atoms with Gasteiger partial charge in [0.2, 0.25) is 9.84 Å². The van der Waals surface area contributed by atoms with Crippen molar-refractivity contribution in [3.8, 4) is 5.75 Å².